The quantitative estimate of drug-likeness (QED) is 0.793. The lowest BCUT2D eigenvalue weighted by molar-refractivity contribution is 0.0193. The highest BCUT2D eigenvalue weighted by Gasteiger charge is 2.31. The zero-order valence-corrected chi connectivity index (χ0v) is 13.1. The average Bonchev–Trinajstić information content (AvgIpc) is 2.84. The van der Waals surface area contributed by atoms with E-state index >= 15 is 0 Å². The van der Waals surface area contributed by atoms with Gasteiger partial charge in [0.1, 0.15) is 0 Å². The third-order valence-electron chi connectivity index (χ3n) is 3.40. The highest BCUT2D eigenvalue weighted by atomic mass is 16.5. The molecule has 2 nitrogen and oxygen atoms in total. The SMILES string of the molecule is CC.CCC1CC(OC(C)C)CN1c1ccccc1. The highest BCUT2D eigenvalue weighted by molar-refractivity contribution is 5.48. The summed E-state index contributed by atoms with van der Waals surface area (Å²) in [6, 6.07) is 11.3. The van der Waals surface area contributed by atoms with Gasteiger partial charge in [-0.1, -0.05) is 39.0 Å². The van der Waals surface area contributed by atoms with Gasteiger partial charge in [0, 0.05) is 18.3 Å². The lowest BCUT2D eigenvalue weighted by Crippen LogP contribution is -2.29. The topological polar surface area (TPSA) is 12.5 Å². The molecule has 0 spiro atoms. The van der Waals surface area contributed by atoms with E-state index in [9.17, 15) is 0 Å². The molecule has 0 aliphatic carbocycles. The second-order valence-corrected chi connectivity index (χ2v) is 5.09. The minimum absolute atomic E-state index is 0.327. The van der Waals surface area contributed by atoms with Crippen LogP contribution in [-0.2, 0) is 4.74 Å². The van der Waals surface area contributed by atoms with Crippen LogP contribution >= 0.6 is 0 Å². The fourth-order valence-corrected chi connectivity index (χ4v) is 2.68. The van der Waals surface area contributed by atoms with Crippen LogP contribution in [0.4, 0.5) is 5.69 Å². The first-order valence-electron chi connectivity index (χ1n) is 7.67. The van der Waals surface area contributed by atoms with Crippen LogP contribution in [0.25, 0.3) is 0 Å². The van der Waals surface area contributed by atoms with Gasteiger partial charge in [0.2, 0.25) is 0 Å². The average molecular weight is 263 g/mol. The summed E-state index contributed by atoms with van der Waals surface area (Å²) in [6.45, 7) is 11.5. The van der Waals surface area contributed by atoms with E-state index < -0.39 is 0 Å². The van der Waals surface area contributed by atoms with Crippen LogP contribution in [0.3, 0.4) is 0 Å². The van der Waals surface area contributed by atoms with Gasteiger partial charge in [-0.25, -0.2) is 0 Å². The van der Waals surface area contributed by atoms with Gasteiger partial charge < -0.3 is 9.64 Å². The smallest absolute Gasteiger partial charge is 0.0773 e. The number of hydrogen-bond acceptors (Lipinski definition) is 2. The molecule has 1 aromatic rings. The first kappa shape index (κ1) is 16.0. The number of rotatable bonds is 4. The molecular formula is C17H29NO. The van der Waals surface area contributed by atoms with Gasteiger partial charge in [-0.2, -0.15) is 0 Å². The minimum Gasteiger partial charge on any atom is -0.374 e. The van der Waals surface area contributed by atoms with Crippen LogP contribution in [0.5, 0.6) is 0 Å². The molecular weight excluding hydrogens is 234 g/mol. The van der Waals surface area contributed by atoms with E-state index in [1.807, 2.05) is 13.8 Å². The lowest BCUT2D eigenvalue weighted by Gasteiger charge is -2.25. The molecule has 2 heteroatoms. The fraction of sp³-hybridized carbons (Fsp3) is 0.647. The molecule has 2 rings (SSSR count). The molecule has 19 heavy (non-hydrogen) atoms. The van der Waals surface area contributed by atoms with Crippen LogP contribution in [0.2, 0.25) is 0 Å². The molecule has 1 heterocycles. The van der Waals surface area contributed by atoms with Crippen molar-refractivity contribution in [2.45, 2.75) is 65.7 Å². The summed E-state index contributed by atoms with van der Waals surface area (Å²) in [5.74, 6) is 0. The van der Waals surface area contributed by atoms with Crippen molar-refractivity contribution in [1.29, 1.82) is 0 Å². The van der Waals surface area contributed by atoms with Crippen LogP contribution in [0.15, 0.2) is 30.3 Å². The second-order valence-electron chi connectivity index (χ2n) is 5.09. The number of benzene rings is 1. The van der Waals surface area contributed by atoms with E-state index in [4.69, 9.17) is 4.74 Å². The van der Waals surface area contributed by atoms with E-state index in [1.54, 1.807) is 0 Å². The molecule has 1 aliphatic heterocycles. The Labute approximate surface area is 118 Å². The van der Waals surface area contributed by atoms with Crippen LogP contribution in [0, 0.1) is 0 Å². The third-order valence-corrected chi connectivity index (χ3v) is 3.40. The molecule has 0 bridgehead atoms. The Kier molecular flexibility index (Phi) is 6.93. The summed E-state index contributed by atoms with van der Waals surface area (Å²) in [5.41, 5.74) is 1.33. The molecule has 1 saturated heterocycles. The third kappa shape index (κ3) is 4.54. The normalized spacial score (nSPS) is 22.3. The first-order valence-corrected chi connectivity index (χ1v) is 7.67. The highest BCUT2D eigenvalue weighted by Crippen LogP contribution is 2.29. The van der Waals surface area contributed by atoms with Crippen LogP contribution in [0.1, 0.15) is 47.5 Å². The molecule has 1 aromatic carbocycles. The van der Waals surface area contributed by atoms with Gasteiger partial charge >= 0.3 is 0 Å². The second kappa shape index (κ2) is 8.21. The van der Waals surface area contributed by atoms with Crippen molar-refractivity contribution in [1.82, 2.24) is 0 Å². The largest absolute Gasteiger partial charge is 0.374 e. The Hall–Kier alpha value is -1.02. The Morgan fingerprint density at radius 3 is 2.37 bits per heavy atom. The van der Waals surface area contributed by atoms with Crippen LogP contribution in [-0.4, -0.2) is 24.8 Å². The maximum Gasteiger partial charge on any atom is 0.0773 e. The van der Waals surface area contributed by atoms with E-state index in [1.165, 1.54) is 12.1 Å². The molecule has 2 unspecified atom stereocenters. The first-order chi connectivity index (χ1) is 9.20. The van der Waals surface area contributed by atoms with Crippen molar-refractivity contribution >= 4 is 5.69 Å². The van der Waals surface area contributed by atoms with Crippen molar-refractivity contribution in [3.8, 4) is 0 Å². The van der Waals surface area contributed by atoms with Gasteiger partial charge in [-0.05, 0) is 38.8 Å². The zero-order chi connectivity index (χ0) is 14.3. The maximum atomic E-state index is 5.95. The molecule has 2 atom stereocenters. The van der Waals surface area contributed by atoms with Gasteiger partial charge in [-0.15, -0.1) is 0 Å². The van der Waals surface area contributed by atoms with E-state index in [2.05, 4.69) is 56.0 Å². The Morgan fingerprint density at radius 1 is 1.21 bits per heavy atom. The summed E-state index contributed by atoms with van der Waals surface area (Å²) in [7, 11) is 0. The molecule has 0 aromatic heterocycles. The van der Waals surface area contributed by atoms with E-state index in [0.29, 0.717) is 18.2 Å². The predicted molar refractivity (Wildman–Crippen MR) is 83.8 cm³/mol. The summed E-state index contributed by atoms with van der Waals surface area (Å²) in [4.78, 5) is 2.49. The van der Waals surface area contributed by atoms with Crippen molar-refractivity contribution < 1.29 is 4.74 Å². The lowest BCUT2D eigenvalue weighted by atomic mass is 10.1. The van der Waals surface area contributed by atoms with Crippen molar-refractivity contribution in [2.75, 3.05) is 11.4 Å². The number of nitrogens with zero attached hydrogens (tertiary/aromatic N) is 1. The van der Waals surface area contributed by atoms with Crippen LogP contribution < -0.4 is 4.90 Å². The molecule has 0 N–H and O–H groups in total. The predicted octanol–water partition coefficient (Wildman–Crippen LogP) is 4.50. The molecule has 1 aliphatic rings. The number of anilines is 1. The van der Waals surface area contributed by atoms with Crippen molar-refractivity contribution in [2.24, 2.45) is 0 Å². The van der Waals surface area contributed by atoms with Gasteiger partial charge in [0.05, 0.1) is 12.2 Å². The van der Waals surface area contributed by atoms with Gasteiger partial charge in [-0.3, -0.25) is 0 Å². The molecule has 0 saturated carbocycles. The molecule has 0 radical (unpaired) electrons. The van der Waals surface area contributed by atoms with Gasteiger partial charge in [0.25, 0.3) is 0 Å². The summed E-state index contributed by atoms with van der Waals surface area (Å²) in [6.07, 6.45) is 3.06. The maximum absolute atomic E-state index is 5.95. The summed E-state index contributed by atoms with van der Waals surface area (Å²) in [5, 5.41) is 0. The van der Waals surface area contributed by atoms with Crippen molar-refractivity contribution in [3.63, 3.8) is 0 Å². The Morgan fingerprint density at radius 2 is 1.84 bits per heavy atom. The molecule has 0 amide bonds. The summed E-state index contributed by atoms with van der Waals surface area (Å²) < 4.78 is 5.95. The van der Waals surface area contributed by atoms with E-state index in [-0.39, 0.29) is 0 Å². The Bertz CT molecular complexity index is 336. The van der Waals surface area contributed by atoms with Gasteiger partial charge in [0.15, 0.2) is 0 Å². The molecule has 108 valence electrons. The number of hydrogen-bond donors (Lipinski definition) is 0. The number of para-hydroxylation sites is 1. The monoisotopic (exact) mass is 263 g/mol. The van der Waals surface area contributed by atoms with Crippen molar-refractivity contribution in [3.05, 3.63) is 30.3 Å². The standard InChI is InChI=1S/C15H23NO.C2H6/c1-4-13-10-15(17-12(2)3)11-16(13)14-8-6-5-7-9-14;1-2/h5-9,12-13,15H,4,10-11H2,1-3H3;1-2H3. The minimum atomic E-state index is 0.327. The zero-order valence-electron chi connectivity index (χ0n) is 13.1. The van der Waals surface area contributed by atoms with E-state index in [0.717, 1.165) is 13.0 Å². The summed E-state index contributed by atoms with van der Waals surface area (Å²) >= 11 is 0. The Balaban J connectivity index is 0.000000861. The fourth-order valence-electron chi connectivity index (χ4n) is 2.68. The molecule has 1 fully saturated rings. The number of ether oxygens (including phenoxy) is 1.